The number of carbonyl (C=O) groups is 12. The zero-order chi connectivity index (χ0) is 77.9. The van der Waals surface area contributed by atoms with E-state index in [1.807, 2.05) is 20.8 Å². The van der Waals surface area contributed by atoms with Gasteiger partial charge < -0.3 is 76.7 Å². The quantitative estimate of drug-likeness (QED) is 0.142. The molecule has 1 saturated carbocycles. The highest BCUT2D eigenvalue weighted by molar-refractivity contribution is 6.01. The van der Waals surface area contributed by atoms with Crippen LogP contribution in [0.3, 0.4) is 0 Å². The van der Waals surface area contributed by atoms with E-state index in [1.54, 1.807) is 106 Å². The molecule has 8 amide bonds. The van der Waals surface area contributed by atoms with Gasteiger partial charge in [0.15, 0.2) is 23.8 Å². The molecule has 10 rings (SSSR count). The van der Waals surface area contributed by atoms with Gasteiger partial charge in [0.25, 0.3) is 11.8 Å². The third-order valence-electron chi connectivity index (χ3n) is 23.0. The third-order valence-corrected chi connectivity index (χ3v) is 23.0. The Kier molecular flexibility index (Phi) is 24.1. The molecule has 29 heteroatoms. The summed E-state index contributed by atoms with van der Waals surface area (Å²) in [5.41, 5.74) is 0.928. The average molecular weight is 1480 g/mol. The number of ether oxygens (including phenoxy) is 2. The van der Waals surface area contributed by atoms with Crippen LogP contribution in [0.2, 0.25) is 0 Å². The van der Waals surface area contributed by atoms with Gasteiger partial charge in [0, 0.05) is 43.6 Å². The van der Waals surface area contributed by atoms with E-state index in [0.29, 0.717) is 28.8 Å². The van der Waals surface area contributed by atoms with Crippen LogP contribution in [0.15, 0.2) is 36.4 Å². The summed E-state index contributed by atoms with van der Waals surface area (Å²) < 4.78 is 12.0. The molecule has 29 nitrogen and oxygen atoms in total. The van der Waals surface area contributed by atoms with Gasteiger partial charge in [-0.05, 0) is 134 Å². The summed E-state index contributed by atoms with van der Waals surface area (Å²) in [5, 5.41) is 79.1. The van der Waals surface area contributed by atoms with Crippen LogP contribution in [0.5, 0.6) is 0 Å². The number of nitrogens with zero attached hydrogens (tertiary/aromatic N) is 3. The van der Waals surface area contributed by atoms with E-state index in [4.69, 9.17) is 9.47 Å². The molecular formula is C77H110N10O19. The number of esters is 2. The van der Waals surface area contributed by atoms with Crippen molar-refractivity contribution < 1.29 is 92.5 Å². The van der Waals surface area contributed by atoms with Gasteiger partial charge in [-0.25, -0.2) is 15.0 Å². The molecule has 5 saturated heterocycles. The van der Waals surface area contributed by atoms with Crippen molar-refractivity contribution in [1.29, 1.82) is 0 Å². The van der Waals surface area contributed by atoms with Crippen molar-refractivity contribution in [1.82, 2.24) is 46.8 Å². The van der Waals surface area contributed by atoms with Crippen LogP contribution >= 0.6 is 0 Å². The van der Waals surface area contributed by atoms with Gasteiger partial charge in [0.05, 0.1) is 54.2 Å². The van der Waals surface area contributed by atoms with E-state index in [-0.39, 0.29) is 74.1 Å². The normalized spacial score (nSPS) is 34.5. The Labute approximate surface area is 618 Å². The molecule has 6 heterocycles. The lowest BCUT2D eigenvalue weighted by Crippen LogP contribution is -2.65. The molecular weight excluding hydrogens is 1370 g/mol. The summed E-state index contributed by atoms with van der Waals surface area (Å²) >= 11 is 0. The number of anilines is 1. The minimum Gasteiger partial charge on any atom is -0.450 e. The molecule has 2 aromatic carbocycles. The molecule has 6 aliphatic heterocycles. The fourth-order valence-electron chi connectivity index (χ4n) is 17.1. The summed E-state index contributed by atoms with van der Waals surface area (Å²) in [6.07, 6.45) is -8.26. The first-order valence-electron chi connectivity index (χ1n) is 37.9. The van der Waals surface area contributed by atoms with Crippen molar-refractivity contribution in [3.8, 4) is 11.1 Å². The van der Waals surface area contributed by atoms with Crippen LogP contribution in [-0.2, 0) is 84.6 Å². The van der Waals surface area contributed by atoms with Crippen molar-refractivity contribution in [3.05, 3.63) is 53.1 Å². The van der Waals surface area contributed by atoms with Crippen LogP contribution < -0.4 is 37.3 Å². The topological polar surface area (TPSA) is 418 Å². The Bertz CT molecular complexity index is 3530. The van der Waals surface area contributed by atoms with E-state index < -0.39 is 234 Å². The third kappa shape index (κ3) is 15.8. The van der Waals surface area contributed by atoms with Gasteiger partial charge >= 0.3 is 11.9 Å². The number of aliphatic hydroxyl groups is 5. The summed E-state index contributed by atoms with van der Waals surface area (Å²) in [4.78, 5) is 181. The second-order valence-electron chi connectivity index (χ2n) is 33.5. The number of hydrogen-bond acceptors (Lipinski definition) is 21. The minimum atomic E-state index is -2.09. The van der Waals surface area contributed by atoms with E-state index in [2.05, 4.69) is 37.3 Å². The number of carbonyl (C=O) groups excluding carboxylic acids is 12. The van der Waals surface area contributed by atoms with Crippen molar-refractivity contribution in [2.75, 3.05) is 18.4 Å². The number of nitrogens with one attached hydrogen (secondary N) is 7. The van der Waals surface area contributed by atoms with Gasteiger partial charge in [-0.2, -0.15) is 0 Å². The molecule has 0 aromatic heterocycles. The van der Waals surface area contributed by atoms with Crippen LogP contribution in [-0.4, -0.2) is 215 Å². The predicted octanol–water partition coefficient (Wildman–Crippen LogP) is 1.68. The number of piperidine rings is 1. The van der Waals surface area contributed by atoms with Gasteiger partial charge in [-0.1, -0.05) is 108 Å². The van der Waals surface area contributed by atoms with Gasteiger partial charge in [-0.15, -0.1) is 0 Å². The summed E-state index contributed by atoms with van der Waals surface area (Å²) in [6, 6.07) is -3.65. The first-order chi connectivity index (χ1) is 49.7. The van der Waals surface area contributed by atoms with Crippen molar-refractivity contribution in [3.63, 3.8) is 0 Å². The molecule has 106 heavy (non-hydrogen) atoms. The maximum absolute atomic E-state index is 15.7. The maximum atomic E-state index is 15.7. The van der Waals surface area contributed by atoms with E-state index in [9.17, 15) is 63.9 Å². The number of hydrazine groups is 1. The molecule has 6 fully saturated rings. The lowest BCUT2D eigenvalue weighted by molar-refractivity contribution is -0.172. The van der Waals surface area contributed by atoms with Crippen molar-refractivity contribution in [2.45, 2.75) is 264 Å². The van der Waals surface area contributed by atoms with Crippen molar-refractivity contribution in [2.24, 2.45) is 59.2 Å². The first-order valence-corrected chi connectivity index (χ1v) is 37.9. The zero-order valence-electron chi connectivity index (χ0n) is 63.5. The Morgan fingerprint density at radius 3 is 1.68 bits per heavy atom. The second-order valence-corrected chi connectivity index (χ2v) is 33.5. The van der Waals surface area contributed by atoms with Gasteiger partial charge in [0.2, 0.25) is 35.4 Å². The lowest BCUT2D eigenvalue weighted by Gasteiger charge is -2.40. The van der Waals surface area contributed by atoms with Crippen LogP contribution in [0.4, 0.5) is 5.69 Å². The molecule has 0 bridgehead atoms. The first kappa shape index (κ1) is 80.6. The largest absolute Gasteiger partial charge is 0.450 e. The number of aliphatic hydroxyl groups excluding tert-OH is 3. The number of hydrogen-bond donors (Lipinski definition) is 12. The van der Waals surface area contributed by atoms with Crippen LogP contribution in [0.1, 0.15) is 172 Å². The summed E-state index contributed by atoms with van der Waals surface area (Å²) in [7, 11) is 0. The van der Waals surface area contributed by atoms with Crippen LogP contribution in [0.25, 0.3) is 11.1 Å². The highest BCUT2D eigenvalue weighted by Crippen LogP contribution is 2.56. The molecule has 2 aromatic rings. The predicted molar refractivity (Wildman–Crippen MR) is 384 cm³/mol. The number of β-amino-alcohol motifs (C(OH)–C–C–N with tert-alkyl or cyclic N) is 1. The Hall–Kier alpha value is -7.96. The highest BCUT2D eigenvalue weighted by Gasteiger charge is 2.65. The molecule has 2 aliphatic carbocycles. The summed E-state index contributed by atoms with van der Waals surface area (Å²) in [6.45, 7) is 24.9. The molecule has 12 N–H and O–H groups in total. The summed E-state index contributed by atoms with van der Waals surface area (Å²) in [5.74, 6) is -17.6. The molecule has 0 radical (unpaired) electrons. The van der Waals surface area contributed by atoms with Gasteiger partial charge in [0.1, 0.15) is 53.5 Å². The van der Waals surface area contributed by atoms with Crippen LogP contribution in [0, 0.1) is 59.2 Å². The molecule has 1 unspecified atom stereocenters. The monoisotopic (exact) mass is 1480 g/mol. The molecule has 21 atom stereocenters. The maximum Gasteiger partial charge on any atom is 0.329 e. The number of cyclic esters (lactones) is 2. The molecule has 0 spiro atoms. The minimum absolute atomic E-state index is 0.0173. The number of benzene rings is 2. The SMILES string of the molecule is CC(C)C[C@@H]1NC(=O)[C@H]2C[C@@H](C)CCN2C(=O)[C@H](C(C)C)OC(=O)[C@@H](C(C)C)NC(=O)[C@@H]2C[C@@]3(O)c4cc(-c5ccc6c(c5)[C@@]5(O)C[C@@H]7C(=O)N[C@@H](C(C)C)C(=O)O[C@H](C(C)C)C(=O)N8NC[C@@H](O)C[C@H]8C(=O)N[C@H](CC(C)C)C(=O)C[C@@H]([C@@H](C)O)C(=O)N7[C@H]5C6)ccc4N[C@H]3C2C(=O)[C@@H]([C@H](C)O)NC1=O. The zero-order valence-corrected chi connectivity index (χ0v) is 63.5. The number of Topliss-reactive ketones (excluding diaryl/α,β-unsaturated/α-hetero) is 2. The number of amides is 8. The smallest absolute Gasteiger partial charge is 0.329 e. The van der Waals surface area contributed by atoms with E-state index >= 15 is 19.2 Å². The Balaban J connectivity index is 1.01. The molecule has 8 aliphatic rings. The van der Waals surface area contributed by atoms with E-state index in [0.717, 1.165) is 5.01 Å². The van der Waals surface area contributed by atoms with E-state index in [1.165, 1.54) is 23.6 Å². The Morgan fingerprint density at radius 2 is 1.09 bits per heavy atom. The Morgan fingerprint density at radius 1 is 0.547 bits per heavy atom. The lowest BCUT2D eigenvalue weighted by atomic mass is 9.83. The molecule has 582 valence electrons. The fourth-order valence-corrected chi connectivity index (χ4v) is 17.1. The highest BCUT2D eigenvalue weighted by atomic mass is 16.6. The van der Waals surface area contributed by atoms with Gasteiger partial charge in [-0.3, -0.25) is 53.0 Å². The fraction of sp³-hybridized carbons (Fsp3) is 0.688. The number of ketones is 2. The average Bonchev–Trinajstić information content (AvgIpc) is 1.55. The standard InChI is InChI=1S/C77H110N10O19/c1-33(2)22-51-56(91)29-46(40(14)88)71(98)86-55(70(97)83-60(36(7)8)75(102)106-64(38(11)12)73(100)87-54(69(96)80-51)28-45(90)32-78-87)31-76(103)48-25-42(16-17-44(48)27-57(76)86)43-18-19-50-49(26-43)77(104)30-47-58(65(77)79-50)62(92)61(41(15)89)84-67(94)52(23-34(3)4)81-68(95)53-24-39(13)20-21-85(53)72(99)63(37(9)10)105-74(101)59(35(5)6)82-66(47)93/h16-19,25-26,33-41,45-47,51-55,57-61,63-65,78-79,88-90,103-104H,20-24,27-32H2,1-15H3,(H,80,96)(H,81,95)(H,82,93)(H,83,97)(H,84,94)/t39-,40+,41-,45-,46-,47+,51+,52-,53+,54-,55+,57-,58?,59+,60-,61+,63-,64+,65-,76-,77+/m0/s1. The number of fused-ring (bicyclic) bond motifs is 12. The second kappa shape index (κ2) is 31.7. The number of rotatable bonds is 11. The van der Waals surface area contributed by atoms with Crippen molar-refractivity contribution >= 4 is 76.4 Å².